The second-order valence-electron chi connectivity index (χ2n) is 3.56. The highest BCUT2D eigenvalue weighted by Gasteiger charge is 2.04. The Balaban J connectivity index is 2.81. The average Bonchev–Trinajstić information content (AvgIpc) is 2.17. The molecular formula is C9H14BrN3O2. The van der Waals surface area contributed by atoms with Crippen molar-refractivity contribution >= 4 is 15.9 Å². The molecule has 84 valence electrons. The Hall–Kier alpha value is -0.880. The third-order valence-corrected chi connectivity index (χ3v) is 2.57. The largest absolute Gasteiger partial charge is 0.328 e. The lowest BCUT2D eigenvalue weighted by Crippen LogP contribution is -2.35. The number of aromatic amines is 1. The van der Waals surface area contributed by atoms with Gasteiger partial charge in [0.2, 0.25) is 0 Å². The Morgan fingerprint density at radius 2 is 2.13 bits per heavy atom. The molecule has 0 saturated heterocycles. The lowest BCUT2D eigenvalue weighted by atomic mass is 10.4. The zero-order valence-electron chi connectivity index (χ0n) is 8.79. The molecule has 0 fully saturated rings. The number of nitrogens with zero attached hydrogens (tertiary/aromatic N) is 2. The molecule has 0 aliphatic rings. The summed E-state index contributed by atoms with van der Waals surface area (Å²) in [6.07, 6.45) is 2.14. The molecule has 0 spiro atoms. The van der Waals surface area contributed by atoms with E-state index in [2.05, 4.69) is 20.9 Å². The van der Waals surface area contributed by atoms with Crippen molar-refractivity contribution in [2.45, 2.75) is 13.0 Å². The highest BCUT2D eigenvalue weighted by molar-refractivity contribution is 9.10. The third kappa shape index (κ3) is 3.32. The summed E-state index contributed by atoms with van der Waals surface area (Å²) in [7, 11) is 3.90. The van der Waals surface area contributed by atoms with Crippen LogP contribution in [0.25, 0.3) is 0 Å². The molecule has 1 aromatic heterocycles. The highest BCUT2D eigenvalue weighted by atomic mass is 79.9. The fourth-order valence-corrected chi connectivity index (χ4v) is 1.56. The van der Waals surface area contributed by atoms with Gasteiger partial charge in [-0.25, -0.2) is 4.79 Å². The molecule has 1 rings (SSSR count). The maximum absolute atomic E-state index is 11.5. The molecule has 0 radical (unpaired) electrons. The Morgan fingerprint density at radius 3 is 2.73 bits per heavy atom. The quantitative estimate of drug-likeness (QED) is 0.857. The summed E-state index contributed by atoms with van der Waals surface area (Å²) in [6, 6.07) is 0. The van der Waals surface area contributed by atoms with Gasteiger partial charge >= 0.3 is 5.69 Å². The number of halogens is 1. The summed E-state index contributed by atoms with van der Waals surface area (Å²) in [4.78, 5) is 27.4. The minimum absolute atomic E-state index is 0.280. The van der Waals surface area contributed by atoms with E-state index < -0.39 is 0 Å². The van der Waals surface area contributed by atoms with Gasteiger partial charge in [0, 0.05) is 12.7 Å². The second-order valence-corrected chi connectivity index (χ2v) is 4.41. The highest BCUT2D eigenvalue weighted by Crippen LogP contribution is 1.96. The van der Waals surface area contributed by atoms with Crippen LogP contribution in [0, 0.1) is 0 Å². The van der Waals surface area contributed by atoms with Gasteiger partial charge in [-0.1, -0.05) is 0 Å². The second kappa shape index (κ2) is 5.27. The van der Waals surface area contributed by atoms with Crippen molar-refractivity contribution in [3.05, 3.63) is 31.5 Å². The molecule has 0 amide bonds. The molecular weight excluding hydrogens is 262 g/mol. The smallest absolute Gasteiger partial charge is 0.313 e. The number of rotatable bonds is 4. The van der Waals surface area contributed by atoms with Crippen LogP contribution >= 0.6 is 15.9 Å². The molecule has 0 saturated carbocycles. The fraction of sp³-hybridized carbons (Fsp3) is 0.556. The zero-order valence-corrected chi connectivity index (χ0v) is 10.4. The molecule has 0 atom stereocenters. The molecule has 0 bridgehead atoms. The van der Waals surface area contributed by atoms with Crippen molar-refractivity contribution in [2.75, 3.05) is 20.6 Å². The van der Waals surface area contributed by atoms with Gasteiger partial charge in [-0.05, 0) is 43.0 Å². The molecule has 0 aromatic carbocycles. The molecule has 15 heavy (non-hydrogen) atoms. The van der Waals surface area contributed by atoms with Crippen molar-refractivity contribution < 1.29 is 0 Å². The van der Waals surface area contributed by atoms with Crippen molar-refractivity contribution in [3.63, 3.8) is 0 Å². The topological polar surface area (TPSA) is 58.1 Å². The van der Waals surface area contributed by atoms with Crippen LogP contribution in [-0.4, -0.2) is 35.1 Å². The van der Waals surface area contributed by atoms with Gasteiger partial charge in [-0.15, -0.1) is 0 Å². The Labute approximate surface area is 95.9 Å². The molecule has 5 nitrogen and oxygen atoms in total. The van der Waals surface area contributed by atoms with Crippen molar-refractivity contribution in [2.24, 2.45) is 0 Å². The Kier molecular flexibility index (Phi) is 4.28. The van der Waals surface area contributed by atoms with Gasteiger partial charge in [0.25, 0.3) is 5.56 Å². The molecule has 0 aliphatic carbocycles. The van der Waals surface area contributed by atoms with Gasteiger partial charge < -0.3 is 9.88 Å². The van der Waals surface area contributed by atoms with Gasteiger partial charge in [0.05, 0.1) is 4.47 Å². The van der Waals surface area contributed by atoms with Crippen LogP contribution in [0.15, 0.2) is 20.3 Å². The number of hydrogen-bond donors (Lipinski definition) is 1. The predicted molar refractivity (Wildman–Crippen MR) is 62.2 cm³/mol. The van der Waals surface area contributed by atoms with Gasteiger partial charge in [0.15, 0.2) is 0 Å². The summed E-state index contributed by atoms with van der Waals surface area (Å²) in [5, 5.41) is 0. The van der Waals surface area contributed by atoms with E-state index in [-0.39, 0.29) is 11.2 Å². The van der Waals surface area contributed by atoms with E-state index in [1.807, 2.05) is 19.0 Å². The minimum atomic E-state index is -0.359. The number of H-pyrrole nitrogens is 1. The SMILES string of the molecule is CN(C)CCCn1c(=O)[nH]cc(Br)c1=O. The first kappa shape index (κ1) is 12.2. The van der Waals surface area contributed by atoms with E-state index in [1.54, 1.807) is 0 Å². The van der Waals surface area contributed by atoms with Crippen LogP contribution in [0.4, 0.5) is 0 Å². The van der Waals surface area contributed by atoms with Crippen molar-refractivity contribution in [1.29, 1.82) is 0 Å². The fourth-order valence-electron chi connectivity index (χ4n) is 1.23. The third-order valence-electron chi connectivity index (χ3n) is 2.00. The van der Waals surface area contributed by atoms with E-state index in [4.69, 9.17) is 0 Å². The molecule has 0 aliphatic heterocycles. The van der Waals surface area contributed by atoms with Crippen LogP contribution < -0.4 is 11.2 Å². The van der Waals surface area contributed by atoms with Gasteiger partial charge in [-0.2, -0.15) is 0 Å². The Morgan fingerprint density at radius 1 is 1.47 bits per heavy atom. The molecule has 0 unspecified atom stereocenters. The average molecular weight is 276 g/mol. The summed E-state index contributed by atoms with van der Waals surface area (Å²) >= 11 is 3.09. The summed E-state index contributed by atoms with van der Waals surface area (Å²) in [5.74, 6) is 0. The first-order chi connectivity index (χ1) is 7.02. The van der Waals surface area contributed by atoms with Crippen molar-refractivity contribution in [3.8, 4) is 0 Å². The minimum Gasteiger partial charge on any atom is -0.313 e. The van der Waals surface area contributed by atoms with E-state index in [1.165, 1.54) is 10.8 Å². The summed E-state index contributed by atoms with van der Waals surface area (Å²) in [6.45, 7) is 1.28. The summed E-state index contributed by atoms with van der Waals surface area (Å²) < 4.78 is 1.58. The van der Waals surface area contributed by atoms with E-state index in [0.29, 0.717) is 11.0 Å². The molecule has 6 heteroatoms. The lowest BCUT2D eigenvalue weighted by Gasteiger charge is -2.09. The van der Waals surface area contributed by atoms with E-state index >= 15 is 0 Å². The number of hydrogen-bond acceptors (Lipinski definition) is 3. The maximum Gasteiger partial charge on any atom is 0.328 e. The maximum atomic E-state index is 11.5. The van der Waals surface area contributed by atoms with Gasteiger partial charge in [-0.3, -0.25) is 9.36 Å². The molecule has 1 heterocycles. The number of nitrogens with one attached hydrogen (secondary N) is 1. The van der Waals surface area contributed by atoms with Crippen LogP contribution in [0.3, 0.4) is 0 Å². The molecule has 1 aromatic rings. The van der Waals surface area contributed by atoms with E-state index in [9.17, 15) is 9.59 Å². The number of aromatic nitrogens is 2. The zero-order chi connectivity index (χ0) is 11.4. The van der Waals surface area contributed by atoms with Crippen molar-refractivity contribution in [1.82, 2.24) is 14.5 Å². The van der Waals surface area contributed by atoms with Crippen LogP contribution in [0.2, 0.25) is 0 Å². The molecule has 1 N–H and O–H groups in total. The lowest BCUT2D eigenvalue weighted by molar-refractivity contribution is 0.382. The van der Waals surface area contributed by atoms with E-state index in [0.717, 1.165) is 13.0 Å². The predicted octanol–water partition coefficient (Wildman–Crippen LogP) is 0.251. The standard InChI is InChI=1S/C9H14BrN3O2/c1-12(2)4-3-5-13-8(14)7(10)6-11-9(13)15/h6H,3-5H2,1-2H3,(H,11,15). The Bertz CT molecular complexity index is 436. The monoisotopic (exact) mass is 275 g/mol. The van der Waals surface area contributed by atoms with Gasteiger partial charge in [0.1, 0.15) is 0 Å². The van der Waals surface area contributed by atoms with Crippen LogP contribution in [-0.2, 0) is 6.54 Å². The first-order valence-corrected chi connectivity index (χ1v) is 5.44. The first-order valence-electron chi connectivity index (χ1n) is 4.65. The van der Waals surface area contributed by atoms with Crippen LogP contribution in [0.1, 0.15) is 6.42 Å². The normalized spacial score (nSPS) is 10.9. The van der Waals surface area contributed by atoms with Crippen LogP contribution in [0.5, 0.6) is 0 Å². The summed E-state index contributed by atoms with van der Waals surface area (Å²) in [5.41, 5.74) is -0.639.